The topological polar surface area (TPSA) is 92.3 Å². The molecule has 0 fully saturated rings. The molecule has 6 nitrogen and oxygen atoms in total. The van der Waals surface area contributed by atoms with Crippen molar-refractivity contribution in [3.8, 4) is 0 Å². The first-order valence-corrected chi connectivity index (χ1v) is 7.39. The number of hydrogen-bond acceptors (Lipinski definition) is 4. The Kier molecular flexibility index (Phi) is 4.20. The number of imide groups is 2. The van der Waals surface area contributed by atoms with Gasteiger partial charge in [-0.3, -0.25) is 29.8 Å². The molecule has 2 aromatic rings. The van der Waals surface area contributed by atoms with Gasteiger partial charge < -0.3 is 0 Å². The fraction of sp³-hybridized carbons (Fsp3) is 0.111. The Balaban J connectivity index is 0.000000141. The van der Waals surface area contributed by atoms with Crippen LogP contribution < -0.4 is 10.6 Å². The van der Waals surface area contributed by atoms with Crippen molar-refractivity contribution in [3.63, 3.8) is 0 Å². The Labute approximate surface area is 137 Å². The van der Waals surface area contributed by atoms with E-state index in [9.17, 15) is 19.2 Å². The molecule has 0 atom stereocenters. The van der Waals surface area contributed by atoms with Crippen molar-refractivity contribution in [1.29, 1.82) is 0 Å². The van der Waals surface area contributed by atoms with Crippen LogP contribution in [0, 0.1) is 0 Å². The molecule has 2 aliphatic heterocycles. The van der Waals surface area contributed by atoms with E-state index < -0.39 is 0 Å². The summed E-state index contributed by atoms with van der Waals surface area (Å²) in [5, 5.41) is 4.52. The molecule has 2 aromatic carbocycles. The molecule has 0 spiro atoms. The number of carbonyl (C=O) groups is 4. The van der Waals surface area contributed by atoms with Gasteiger partial charge in [0.05, 0.1) is 12.8 Å². The lowest BCUT2D eigenvalue weighted by Crippen LogP contribution is -2.37. The van der Waals surface area contributed by atoms with Crippen molar-refractivity contribution < 1.29 is 19.2 Å². The number of carbonyl (C=O) groups excluding carboxylic acids is 4. The van der Waals surface area contributed by atoms with E-state index >= 15 is 0 Å². The fourth-order valence-electron chi connectivity index (χ4n) is 2.61. The third-order valence-electron chi connectivity index (χ3n) is 3.73. The van der Waals surface area contributed by atoms with E-state index in [1.54, 1.807) is 36.4 Å². The number of fused-ring (bicyclic) bond motifs is 2. The van der Waals surface area contributed by atoms with Crippen LogP contribution in [0.5, 0.6) is 0 Å². The Morgan fingerprint density at radius 1 is 0.583 bits per heavy atom. The first-order valence-electron chi connectivity index (χ1n) is 7.39. The van der Waals surface area contributed by atoms with E-state index in [2.05, 4.69) is 10.6 Å². The largest absolute Gasteiger partial charge is 0.292 e. The fourth-order valence-corrected chi connectivity index (χ4v) is 2.61. The van der Waals surface area contributed by atoms with Crippen LogP contribution in [0.1, 0.15) is 31.8 Å². The van der Waals surface area contributed by atoms with Crippen LogP contribution in [0.2, 0.25) is 0 Å². The Morgan fingerprint density at radius 3 is 1.38 bits per heavy atom. The molecule has 0 bridgehead atoms. The predicted molar refractivity (Wildman–Crippen MR) is 85.2 cm³/mol. The molecule has 0 radical (unpaired) electrons. The lowest BCUT2D eigenvalue weighted by Gasteiger charge is -2.13. The van der Waals surface area contributed by atoms with Gasteiger partial charge in [-0.05, 0) is 23.3 Å². The van der Waals surface area contributed by atoms with Crippen LogP contribution >= 0.6 is 0 Å². The number of hydrogen-bond donors (Lipinski definition) is 2. The summed E-state index contributed by atoms with van der Waals surface area (Å²) in [6.07, 6.45) is 0.615. The monoisotopic (exact) mass is 322 g/mol. The Hall–Kier alpha value is -3.28. The molecule has 6 heteroatoms. The number of nitrogens with one attached hydrogen (secondary N) is 2. The maximum absolute atomic E-state index is 11.2. The molecule has 2 aliphatic rings. The lowest BCUT2D eigenvalue weighted by molar-refractivity contribution is -0.120. The quantitative estimate of drug-likeness (QED) is 0.708. The van der Waals surface area contributed by atoms with Gasteiger partial charge >= 0.3 is 0 Å². The molecular formula is C18H14N2O4. The molecule has 0 aliphatic carbocycles. The molecule has 24 heavy (non-hydrogen) atoms. The Morgan fingerprint density at radius 2 is 0.958 bits per heavy atom. The standard InChI is InChI=1S/2C9H7NO2/c2*11-8-5-6-3-1-2-4-7(6)9(12)10-8/h2*1-4H,5H2,(H,10,11,12). The molecule has 0 aromatic heterocycles. The van der Waals surface area contributed by atoms with E-state index in [0.717, 1.165) is 11.1 Å². The van der Waals surface area contributed by atoms with Gasteiger partial charge in [0.15, 0.2) is 0 Å². The molecule has 4 amide bonds. The maximum atomic E-state index is 11.2. The van der Waals surface area contributed by atoms with Gasteiger partial charge in [-0.25, -0.2) is 0 Å². The van der Waals surface area contributed by atoms with Gasteiger partial charge in [-0.1, -0.05) is 36.4 Å². The second-order valence-corrected chi connectivity index (χ2v) is 5.42. The minimum atomic E-state index is -0.290. The zero-order valence-electron chi connectivity index (χ0n) is 12.7. The molecule has 2 heterocycles. The summed E-state index contributed by atoms with van der Waals surface area (Å²) in [5.74, 6) is -1.03. The van der Waals surface area contributed by atoms with Crippen LogP contribution in [0.15, 0.2) is 48.5 Å². The first-order chi connectivity index (χ1) is 11.5. The SMILES string of the molecule is O=C1Cc2ccccc2C(=O)N1.O=C1Cc2ccccc2C(=O)N1. The molecule has 120 valence electrons. The summed E-state index contributed by atoms with van der Waals surface area (Å²) in [6, 6.07) is 14.3. The third kappa shape index (κ3) is 3.22. The van der Waals surface area contributed by atoms with Gasteiger partial charge in [-0.15, -0.1) is 0 Å². The van der Waals surface area contributed by atoms with Gasteiger partial charge in [0.1, 0.15) is 0 Å². The summed E-state index contributed by atoms with van der Waals surface area (Å²) < 4.78 is 0. The lowest BCUT2D eigenvalue weighted by atomic mass is 10.0. The van der Waals surface area contributed by atoms with Crippen molar-refractivity contribution >= 4 is 23.6 Å². The van der Waals surface area contributed by atoms with Crippen LogP contribution in [-0.4, -0.2) is 23.6 Å². The average Bonchev–Trinajstić information content (AvgIpc) is 2.55. The highest BCUT2D eigenvalue weighted by atomic mass is 16.2. The third-order valence-corrected chi connectivity index (χ3v) is 3.73. The second-order valence-electron chi connectivity index (χ2n) is 5.42. The van der Waals surface area contributed by atoms with Crippen molar-refractivity contribution in [2.45, 2.75) is 12.8 Å². The van der Waals surface area contributed by atoms with E-state index in [1.807, 2.05) is 12.1 Å². The van der Waals surface area contributed by atoms with Crippen molar-refractivity contribution in [1.82, 2.24) is 10.6 Å². The average molecular weight is 322 g/mol. The van der Waals surface area contributed by atoms with Gasteiger partial charge in [-0.2, -0.15) is 0 Å². The molecule has 4 rings (SSSR count). The minimum absolute atomic E-state index is 0.223. The van der Waals surface area contributed by atoms with E-state index in [-0.39, 0.29) is 23.6 Å². The molecular weight excluding hydrogens is 308 g/mol. The summed E-state index contributed by atoms with van der Waals surface area (Å²) in [7, 11) is 0. The highest BCUT2D eigenvalue weighted by Gasteiger charge is 2.21. The highest BCUT2D eigenvalue weighted by molar-refractivity contribution is 6.10. The first kappa shape index (κ1) is 15.6. The van der Waals surface area contributed by atoms with Crippen molar-refractivity contribution in [2.24, 2.45) is 0 Å². The zero-order chi connectivity index (χ0) is 17.1. The smallest absolute Gasteiger partial charge is 0.258 e. The molecule has 2 N–H and O–H groups in total. The summed E-state index contributed by atoms with van der Waals surface area (Å²) in [6.45, 7) is 0. The summed E-state index contributed by atoms with van der Waals surface area (Å²) in [5.41, 5.74) is 2.84. The highest BCUT2D eigenvalue weighted by Crippen LogP contribution is 2.13. The predicted octanol–water partition coefficient (Wildman–Crippen LogP) is 0.998. The van der Waals surface area contributed by atoms with Crippen molar-refractivity contribution in [3.05, 3.63) is 70.8 Å². The summed E-state index contributed by atoms with van der Waals surface area (Å²) in [4.78, 5) is 44.1. The minimum Gasteiger partial charge on any atom is -0.292 e. The normalized spacial score (nSPS) is 15.3. The Bertz CT molecular complexity index is 786. The number of benzene rings is 2. The van der Waals surface area contributed by atoms with Crippen LogP contribution in [-0.2, 0) is 22.4 Å². The maximum Gasteiger partial charge on any atom is 0.258 e. The summed E-state index contributed by atoms with van der Waals surface area (Å²) >= 11 is 0. The number of rotatable bonds is 0. The second kappa shape index (κ2) is 6.45. The van der Waals surface area contributed by atoms with E-state index in [0.29, 0.717) is 24.0 Å². The van der Waals surface area contributed by atoms with Crippen LogP contribution in [0.25, 0.3) is 0 Å². The van der Waals surface area contributed by atoms with Gasteiger partial charge in [0, 0.05) is 11.1 Å². The molecule has 0 saturated carbocycles. The van der Waals surface area contributed by atoms with Crippen LogP contribution in [0.3, 0.4) is 0 Å². The van der Waals surface area contributed by atoms with Gasteiger partial charge in [0.25, 0.3) is 11.8 Å². The molecule has 0 unspecified atom stereocenters. The zero-order valence-corrected chi connectivity index (χ0v) is 12.7. The van der Waals surface area contributed by atoms with E-state index in [4.69, 9.17) is 0 Å². The van der Waals surface area contributed by atoms with Crippen LogP contribution in [0.4, 0.5) is 0 Å². The number of amides is 4. The molecule has 0 saturated heterocycles. The van der Waals surface area contributed by atoms with Gasteiger partial charge in [0.2, 0.25) is 11.8 Å². The van der Waals surface area contributed by atoms with E-state index in [1.165, 1.54) is 0 Å². The van der Waals surface area contributed by atoms with Crippen molar-refractivity contribution in [2.75, 3.05) is 0 Å².